The predicted octanol–water partition coefficient (Wildman–Crippen LogP) is 9.53. The van der Waals surface area contributed by atoms with Gasteiger partial charge >= 0.3 is 5.97 Å². The second-order valence-corrected chi connectivity index (χ2v) is 10.6. The molecule has 3 aromatic rings. The molecule has 0 radical (unpaired) electrons. The fourth-order valence-corrected chi connectivity index (χ4v) is 6.10. The fourth-order valence-electron chi connectivity index (χ4n) is 4.91. The lowest BCUT2D eigenvalue weighted by Crippen LogP contribution is -2.01. The summed E-state index contributed by atoms with van der Waals surface area (Å²) >= 11 is 8.65. The van der Waals surface area contributed by atoms with Crippen LogP contribution in [0.15, 0.2) is 66.2 Å². The van der Waals surface area contributed by atoms with Gasteiger partial charge in [-0.15, -0.1) is 0 Å². The molecule has 0 aromatic heterocycles. The summed E-state index contributed by atoms with van der Waals surface area (Å²) < 4.78 is 1.12. The summed E-state index contributed by atoms with van der Waals surface area (Å²) in [6.07, 6.45) is 8.40. The van der Waals surface area contributed by atoms with Gasteiger partial charge in [-0.2, -0.15) is 0 Å². The van der Waals surface area contributed by atoms with Gasteiger partial charge in [-0.25, -0.2) is 4.79 Å². The van der Waals surface area contributed by atoms with Crippen LogP contribution in [0, 0.1) is 3.57 Å². The van der Waals surface area contributed by atoms with Gasteiger partial charge in [-0.05, 0) is 118 Å². The molecule has 35 heavy (non-hydrogen) atoms. The molecule has 1 aliphatic rings. The van der Waals surface area contributed by atoms with Crippen LogP contribution in [0.3, 0.4) is 0 Å². The summed E-state index contributed by atoms with van der Waals surface area (Å²) in [6.45, 7) is 4.44. The van der Waals surface area contributed by atoms with Gasteiger partial charge in [0.15, 0.2) is 0 Å². The van der Waals surface area contributed by atoms with Gasteiger partial charge in [0.25, 0.3) is 0 Å². The van der Waals surface area contributed by atoms with Gasteiger partial charge in [0.1, 0.15) is 0 Å². The van der Waals surface area contributed by atoms with E-state index in [9.17, 15) is 9.90 Å². The van der Waals surface area contributed by atoms with E-state index in [1.165, 1.54) is 27.8 Å². The number of hydrogen-bond acceptors (Lipinski definition) is 1. The normalized spacial score (nSPS) is 14.0. The summed E-state index contributed by atoms with van der Waals surface area (Å²) in [4.78, 5) is 11.7. The first-order chi connectivity index (χ1) is 16.9. The number of benzene rings is 3. The number of halogens is 2. The van der Waals surface area contributed by atoms with E-state index in [1.54, 1.807) is 6.07 Å². The lowest BCUT2D eigenvalue weighted by molar-refractivity contribution is 0.0696. The molecular weight excluding hydrogens is 567 g/mol. The Bertz CT molecular complexity index is 1300. The third-order valence-corrected chi connectivity index (χ3v) is 7.78. The number of aromatic carboxylic acids is 1. The molecule has 1 N–H and O–H groups in total. The molecule has 2 nitrogen and oxygen atoms in total. The minimum atomic E-state index is -0.884. The summed E-state index contributed by atoms with van der Waals surface area (Å²) in [6, 6.07) is 20.5. The molecule has 0 unspecified atom stereocenters. The van der Waals surface area contributed by atoms with Crippen LogP contribution in [0.25, 0.3) is 17.2 Å². The van der Waals surface area contributed by atoms with Crippen molar-refractivity contribution in [3.63, 3.8) is 0 Å². The van der Waals surface area contributed by atoms with Crippen LogP contribution in [0.2, 0.25) is 5.02 Å². The Hall–Kier alpha value is -2.37. The van der Waals surface area contributed by atoms with Gasteiger partial charge in [0, 0.05) is 8.59 Å². The zero-order chi connectivity index (χ0) is 24.9. The SMILES string of the molecule is CCC/C(=C/c1ccc(C2=C(c3ccc(Cl)cc3I)CCCc3cc(C(=O)O)ccc32)cc1)CC. The number of hydrogen-bond donors (Lipinski definition) is 1. The van der Waals surface area contributed by atoms with Crippen LogP contribution >= 0.6 is 34.2 Å². The summed E-state index contributed by atoms with van der Waals surface area (Å²) in [5, 5.41) is 10.3. The van der Waals surface area contributed by atoms with Crippen molar-refractivity contribution >= 4 is 57.4 Å². The van der Waals surface area contributed by atoms with E-state index in [0.717, 1.165) is 63.8 Å². The number of allylic oxidation sites excluding steroid dienone is 2. The number of carboxylic acid groups (broad SMARTS) is 1. The van der Waals surface area contributed by atoms with E-state index in [1.807, 2.05) is 24.3 Å². The number of fused-ring (bicyclic) bond motifs is 1. The predicted molar refractivity (Wildman–Crippen MR) is 156 cm³/mol. The molecule has 4 heteroatoms. The van der Waals surface area contributed by atoms with E-state index in [0.29, 0.717) is 5.56 Å². The Morgan fingerprint density at radius 2 is 1.74 bits per heavy atom. The molecular formula is C31H30ClIO2. The molecule has 0 saturated heterocycles. The maximum atomic E-state index is 11.7. The molecule has 0 fully saturated rings. The van der Waals surface area contributed by atoms with Crippen molar-refractivity contribution in [1.82, 2.24) is 0 Å². The van der Waals surface area contributed by atoms with E-state index < -0.39 is 5.97 Å². The average molecular weight is 597 g/mol. The van der Waals surface area contributed by atoms with Crippen molar-refractivity contribution in [1.29, 1.82) is 0 Å². The highest BCUT2D eigenvalue weighted by Crippen LogP contribution is 2.41. The van der Waals surface area contributed by atoms with Crippen LogP contribution < -0.4 is 0 Å². The Morgan fingerprint density at radius 1 is 1.00 bits per heavy atom. The Morgan fingerprint density at radius 3 is 2.40 bits per heavy atom. The monoisotopic (exact) mass is 596 g/mol. The van der Waals surface area contributed by atoms with Crippen molar-refractivity contribution in [3.8, 4) is 0 Å². The van der Waals surface area contributed by atoms with Crippen molar-refractivity contribution in [2.45, 2.75) is 52.4 Å². The van der Waals surface area contributed by atoms with Crippen molar-refractivity contribution in [3.05, 3.63) is 108 Å². The van der Waals surface area contributed by atoms with E-state index in [-0.39, 0.29) is 0 Å². The highest BCUT2D eigenvalue weighted by Gasteiger charge is 2.22. The zero-order valence-corrected chi connectivity index (χ0v) is 23.1. The van der Waals surface area contributed by atoms with Gasteiger partial charge in [0.2, 0.25) is 0 Å². The molecule has 0 aliphatic heterocycles. The van der Waals surface area contributed by atoms with E-state index in [4.69, 9.17) is 11.6 Å². The molecule has 0 bridgehead atoms. The lowest BCUT2D eigenvalue weighted by atomic mass is 9.87. The minimum absolute atomic E-state index is 0.344. The zero-order valence-electron chi connectivity index (χ0n) is 20.2. The lowest BCUT2D eigenvalue weighted by Gasteiger charge is -2.18. The van der Waals surface area contributed by atoms with Crippen LogP contribution in [0.5, 0.6) is 0 Å². The third kappa shape index (κ3) is 5.90. The Kier molecular flexibility index (Phi) is 8.51. The van der Waals surface area contributed by atoms with Gasteiger partial charge in [0.05, 0.1) is 5.56 Å². The topological polar surface area (TPSA) is 37.3 Å². The third-order valence-electron chi connectivity index (χ3n) is 6.65. The standard InChI is InChI=1S/C31H30ClIO2/c1-3-6-20(4-2)17-21-9-11-22(12-10-21)30-26-15-13-24(31(34)35)18-23(26)7-5-8-28(30)27-16-14-25(32)19-29(27)33/h9-19H,3-8H2,1-2H3,(H,34,35)/b20-17+. The maximum Gasteiger partial charge on any atom is 0.335 e. The number of rotatable bonds is 7. The molecule has 0 heterocycles. The van der Waals surface area contributed by atoms with Gasteiger partial charge in [-0.1, -0.05) is 79.9 Å². The smallest absolute Gasteiger partial charge is 0.335 e. The van der Waals surface area contributed by atoms with Crippen LogP contribution in [0.1, 0.15) is 84.1 Å². The van der Waals surface area contributed by atoms with Gasteiger partial charge < -0.3 is 5.11 Å². The quantitative estimate of drug-likeness (QED) is 0.276. The molecule has 0 atom stereocenters. The first-order valence-electron chi connectivity index (χ1n) is 12.3. The first kappa shape index (κ1) is 25.7. The molecule has 0 amide bonds. The summed E-state index contributed by atoms with van der Waals surface area (Å²) in [7, 11) is 0. The number of carbonyl (C=O) groups is 1. The fraction of sp³-hybridized carbons (Fsp3) is 0.258. The molecule has 0 spiro atoms. The molecule has 4 rings (SSSR count). The average Bonchev–Trinajstić information content (AvgIpc) is 3.03. The Balaban J connectivity index is 1.90. The van der Waals surface area contributed by atoms with Gasteiger partial charge in [-0.3, -0.25) is 0 Å². The highest BCUT2D eigenvalue weighted by molar-refractivity contribution is 14.1. The van der Waals surface area contributed by atoms with Crippen molar-refractivity contribution in [2.75, 3.05) is 0 Å². The van der Waals surface area contributed by atoms with Crippen molar-refractivity contribution in [2.24, 2.45) is 0 Å². The summed E-state index contributed by atoms with van der Waals surface area (Å²) in [5.74, 6) is -0.884. The Labute approximate surface area is 226 Å². The summed E-state index contributed by atoms with van der Waals surface area (Å²) in [5.41, 5.74) is 10.1. The largest absolute Gasteiger partial charge is 0.478 e. The van der Waals surface area contributed by atoms with Crippen LogP contribution in [-0.2, 0) is 6.42 Å². The second kappa shape index (κ2) is 11.6. The van der Waals surface area contributed by atoms with E-state index >= 15 is 0 Å². The maximum absolute atomic E-state index is 11.7. The molecule has 0 saturated carbocycles. The van der Waals surface area contributed by atoms with Crippen LogP contribution in [0.4, 0.5) is 0 Å². The molecule has 3 aromatic carbocycles. The van der Waals surface area contributed by atoms with Crippen LogP contribution in [-0.4, -0.2) is 11.1 Å². The molecule has 180 valence electrons. The minimum Gasteiger partial charge on any atom is -0.478 e. The molecule has 1 aliphatic carbocycles. The number of carboxylic acids is 1. The second-order valence-electron chi connectivity index (χ2n) is 9.04. The highest BCUT2D eigenvalue weighted by atomic mass is 127. The number of aryl methyl sites for hydroxylation is 1. The van der Waals surface area contributed by atoms with E-state index in [2.05, 4.69) is 72.8 Å². The van der Waals surface area contributed by atoms with Crippen molar-refractivity contribution < 1.29 is 9.90 Å². The first-order valence-corrected chi connectivity index (χ1v) is 13.7.